The summed E-state index contributed by atoms with van der Waals surface area (Å²) >= 11 is 1.28. The van der Waals surface area contributed by atoms with Crippen molar-refractivity contribution in [2.24, 2.45) is 0 Å². The summed E-state index contributed by atoms with van der Waals surface area (Å²) in [5.41, 5.74) is 3.27. The lowest BCUT2D eigenvalue weighted by Gasteiger charge is -2.22. The fourth-order valence-electron chi connectivity index (χ4n) is 3.82. The molecule has 0 N–H and O–H groups in total. The van der Waals surface area contributed by atoms with E-state index in [0.29, 0.717) is 27.6 Å². The van der Waals surface area contributed by atoms with Crippen molar-refractivity contribution >= 4 is 34.3 Å². The molecule has 0 saturated heterocycles. The number of fused-ring (bicyclic) bond motifs is 2. The van der Waals surface area contributed by atoms with E-state index in [9.17, 15) is 10.1 Å². The summed E-state index contributed by atoms with van der Waals surface area (Å²) in [5, 5.41) is 10.9. The van der Waals surface area contributed by atoms with E-state index in [2.05, 4.69) is 24.0 Å². The van der Waals surface area contributed by atoms with Crippen molar-refractivity contribution in [2.75, 3.05) is 24.9 Å². The summed E-state index contributed by atoms with van der Waals surface area (Å²) in [5.74, 6) is 1.36. The summed E-state index contributed by atoms with van der Waals surface area (Å²) < 4.78 is 10.7. The third-order valence-corrected chi connectivity index (χ3v) is 6.19. The summed E-state index contributed by atoms with van der Waals surface area (Å²) in [6.45, 7) is 2.05. The third kappa shape index (κ3) is 3.55. The van der Waals surface area contributed by atoms with Gasteiger partial charge in [0, 0.05) is 23.2 Å². The number of aromatic nitrogens is 1. The van der Waals surface area contributed by atoms with Crippen molar-refractivity contribution in [3.63, 3.8) is 0 Å². The Kier molecular flexibility index (Phi) is 5.51. The van der Waals surface area contributed by atoms with Crippen LogP contribution < -0.4 is 14.4 Å². The number of anilines is 1. The van der Waals surface area contributed by atoms with Crippen LogP contribution in [0.3, 0.4) is 0 Å². The van der Waals surface area contributed by atoms with Gasteiger partial charge in [-0.2, -0.15) is 5.26 Å². The molecule has 4 rings (SSSR count). The fraction of sp³-hybridized carbons (Fsp3) is 0.261. The number of para-hydroxylation sites is 1. The van der Waals surface area contributed by atoms with E-state index in [1.807, 2.05) is 23.1 Å². The number of benzene rings is 2. The Morgan fingerprint density at radius 1 is 1.23 bits per heavy atom. The number of pyridine rings is 1. The summed E-state index contributed by atoms with van der Waals surface area (Å²) in [6.07, 6.45) is 0.853. The highest BCUT2D eigenvalue weighted by Crippen LogP contribution is 2.35. The molecule has 6 nitrogen and oxygen atoms in total. The van der Waals surface area contributed by atoms with Crippen LogP contribution in [-0.4, -0.2) is 36.9 Å². The molecule has 1 unspecified atom stereocenters. The van der Waals surface area contributed by atoms with Gasteiger partial charge in [-0.15, -0.1) is 0 Å². The quantitative estimate of drug-likeness (QED) is 0.577. The van der Waals surface area contributed by atoms with E-state index in [1.165, 1.54) is 17.3 Å². The van der Waals surface area contributed by atoms with E-state index in [-0.39, 0.29) is 17.7 Å². The third-order valence-electron chi connectivity index (χ3n) is 5.21. The Balaban J connectivity index is 1.61. The van der Waals surface area contributed by atoms with Gasteiger partial charge in [-0.3, -0.25) is 4.79 Å². The zero-order chi connectivity index (χ0) is 21.3. The second-order valence-corrected chi connectivity index (χ2v) is 8.05. The number of thioether (sulfide) groups is 1. The molecule has 152 valence electrons. The maximum Gasteiger partial charge on any atom is 0.237 e. The second-order valence-electron chi connectivity index (χ2n) is 7.09. The zero-order valence-electron chi connectivity index (χ0n) is 17.0. The van der Waals surface area contributed by atoms with Gasteiger partial charge >= 0.3 is 0 Å². The van der Waals surface area contributed by atoms with Crippen molar-refractivity contribution in [1.82, 2.24) is 4.98 Å². The van der Waals surface area contributed by atoms with Gasteiger partial charge < -0.3 is 14.4 Å². The molecular weight excluding hydrogens is 398 g/mol. The monoisotopic (exact) mass is 419 g/mol. The van der Waals surface area contributed by atoms with Gasteiger partial charge in [-0.1, -0.05) is 30.0 Å². The van der Waals surface area contributed by atoms with Crippen LogP contribution in [0.25, 0.3) is 10.9 Å². The normalized spacial score (nSPS) is 15.0. The lowest BCUT2D eigenvalue weighted by Crippen LogP contribution is -2.37. The van der Waals surface area contributed by atoms with Crippen LogP contribution in [0.2, 0.25) is 0 Å². The van der Waals surface area contributed by atoms with Gasteiger partial charge in [0.2, 0.25) is 5.91 Å². The average Bonchev–Trinajstić information content (AvgIpc) is 3.11. The zero-order valence-corrected chi connectivity index (χ0v) is 17.8. The first-order valence-electron chi connectivity index (χ1n) is 9.55. The van der Waals surface area contributed by atoms with Crippen LogP contribution in [0, 0.1) is 11.3 Å². The molecule has 0 fully saturated rings. The summed E-state index contributed by atoms with van der Waals surface area (Å²) in [7, 11) is 3.13. The standard InChI is InChI=1S/C23H21N3O3S/c1-14-8-15-6-4-5-7-19(15)26(14)22(27)13-30-23-17(12-24)9-16-10-20(28-2)21(29-3)11-18(16)25-23/h4-7,9-11,14H,8,13H2,1-3H3. The van der Waals surface area contributed by atoms with E-state index in [1.54, 1.807) is 32.4 Å². The first kappa shape index (κ1) is 20.0. The smallest absolute Gasteiger partial charge is 0.237 e. The summed E-state index contributed by atoms with van der Waals surface area (Å²) in [4.78, 5) is 19.5. The van der Waals surface area contributed by atoms with E-state index >= 15 is 0 Å². The minimum atomic E-state index is 0.00977. The number of carbonyl (C=O) groups is 1. The second kappa shape index (κ2) is 8.25. The molecule has 2 aromatic carbocycles. The minimum absolute atomic E-state index is 0.00977. The summed E-state index contributed by atoms with van der Waals surface area (Å²) in [6, 6.07) is 15.6. The Morgan fingerprint density at radius 3 is 2.70 bits per heavy atom. The lowest BCUT2D eigenvalue weighted by molar-refractivity contribution is -0.116. The first-order chi connectivity index (χ1) is 14.5. The van der Waals surface area contributed by atoms with Crippen LogP contribution in [-0.2, 0) is 11.2 Å². The predicted molar refractivity (Wildman–Crippen MR) is 117 cm³/mol. The van der Waals surface area contributed by atoms with Crippen molar-refractivity contribution < 1.29 is 14.3 Å². The number of nitrogens with zero attached hydrogens (tertiary/aromatic N) is 3. The number of methoxy groups -OCH3 is 2. The Bertz CT molecular complexity index is 1170. The highest BCUT2D eigenvalue weighted by atomic mass is 32.2. The Hall–Kier alpha value is -3.24. The van der Waals surface area contributed by atoms with E-state index in [4.69, 9.17) is 9.47 Å². The van der Waals surface area contributed by atoms with E-state index in [0.717, 1.165) is 17.5 Å². The molecule has 2 heterocycles. The number of amides is 1. The SMILES string of the molecule is COc1cc2cc(C#N)c(SCC(=O)N3c4ccccc4CC3C)nc2cc1OC. The maximum atomic E-state index is 13.0. The molecule has 30 heavy (non-hydrogen) atoms. The van der Waals surface area contributed by atoms with Crippen LogP contribution in [0.4, 0.5) is 5.69 Å². The molecule has 0 saturated carbocycles. The molecule has 7 heteroatoms. The molecule has 1 aliphatic heterocycles. The van der Waals surface area contributed by atoms with Crippen LogP contribution >= 0.6 is 11.8 Å². The highest BCUT2D eigenvalue weighted by molar-refractivity contribution is 8.00. The molecular formula is C23H21N3O3S. The van der Waals surface area contributed by atoms with Crippen LogP contribution in [0.1, 0.15) is 18.1 Å². The molecule has 1 aromatic heterocycles. The van der Waals surface area contributed by atoms with Gasteiger partial charge in [-0.25, -0.2) is 4.98 Å². The molecule has 3 aromatic rings. The highest BCUT2D eigenvalue weighted by Gasteiger charge is 2.30. The molecule has 1 aliphatic rings. The topological polar surface area (TPSA) is 75.5 Å². The molecule has 0 aliphatic carbocycles. The number of nitriles is 1. The van der Waals surface area contributed by atoms with E-state index < -0.39 is 0 Å². The average molecular weight is 420 g/mol. The van der Waals surface area contributed by atoms with Gasteiger partial charge in [0.1, 0.15) is 11.1 Å². The Morgan fingerprint density at radius 2 is 1.97 bits per heavy atom. The molecule has 1 atom stereocenters. The number of rotatable bonds is 5. The minimum Gasteiger partial charge on any atom is -0.493 e. The van der Waals surface area contributed by atoms with Crippen molar-refractivity contribution in [3.05, 3.63) is 53.6 Å². The number of carbonyl (C=O) groups excluding carboxylic acids is 1. The number of hydrogen-bond donors (Lipinski definition) is 0. The van der Waals surface area contributed by atoms with Gasteiger partial charge in [0.05, 0.1) is 31.1 Å². The molecule has 1 amide bonds. The first-order valence-corrected chi connectivity index (χ1v) is 10.5. The lowest BCUT2D eigenvalue weighted by atomic mass is 10.1. The van der Waals surface area contributed by atoms with Crippen LogP contribution in [0.15, 0.2) is 47.5 Å². The van der Waals surface area contributed by atoms with Gasteiger partial charge in [0.25, 0.3) is 0 Å². The van der Waals surface area contributed by atoms with Crippen molar-refractivity contribution in [1.29, 1.82) is 5.26 Å². The van der Waals surface area contributed by atoms with Gasteiger partial charge in [0.15, 0.2) is 11.5 Å². The molecule has 0 bridgehead atoms. The van der Waals surface area contributed by atoms with Gasteiger partial charge in [-0.05, 0) is 37.1 Å². The fourth-order valence-corrected chi connectivity index (χ4v) is 4.64. The largest absolute Gasteiger partial charge is 0.493 e. The predicted octanol–water partition coefficient (Wildman–Crippen LogP) is 4.19. The number of hydrogen-bond acceptors (Lipinski definition) is 6. The van der Waals surface area contributed by atoms with Crippen LogP contribution in [0.5, 0.6) is 11.5 Å². The maximum absolute atomic E-state index is 13.0. The van der Waals surface area contributed by atoms with Crippen molar-refractivity contribution in [2.45, 2.75) is 24.4 Å². The molecule has 0 radical (unpaired) electrons. The van der Waals surface area contributed by atoms with Crippen molar-refractivity contribution in [3.8, 4) is 17.6 Å². The Labute approximate surface area is 179 Å². The molecule has 0 spiro atoms. The number of ether oxygens (including phenoxy) is 2.